The first kappa shape index (κ1) is 9.97. The quantitative estimate of drug-likeness (QED) is 0.679. The average Bonchev–Trinajstić information content (AvgIpc) is 2.60. The minimum atomic E-state index is -1.13. The number of carbonyl (C=O) groups is 1. The van der Waals surface area contributed by atoms with Crippen LogP contribution in [-0.2, 0) is 0 Å². The van der Waals surface area contributed by atoms with Crippen molar-refractivity contribution in [1.29, 1.82) is 0 Å². The summed E-state index contributed by atoms with van der Waals surface area (Å²) >= 11 is 0. The SMILES string of the molecule is O=C(O)c1coc(NCC2(O)CCC2)n1. The van der Waals surface area contributed by atoms with Crippen molar-refractivity contribution in [1.82, 2.24) is 4.98 Å². The van der Waals surface area contributed by atoms with Crippen LogP contribution in [0.1, 0.15) is 29.8 Å². The molecule has 1 heterocycles. The minimum absolute atomic E-state index is 0.132. The Hall–Kier alpha value is -1.56. The van der Waals surface area contributed by atoms with Gasteiger partial charge < -0.3 is 19.9 Å². The van der Waals surface area contributed by atoms with Crippen LogP contribution in [0.4, 0.5) is 6.01 Å². The molecule has 1 fully saturated rings. The highest BCUT2D eigenvalue weighted by molar-refractivity contribution is 5.85. The second kappa shape index (κ2) is 3.54. The van der Waals surface area contributed by atoms with Crippen molar-refractivity contribution < 1.29 is 19.4 Å². The van der Waals surface area contributed by atoms with Crippen LogP contribution in [0.2, 0.25) is 0 Å². The van der Waals surface area contributed by atoms with Crippen molar-refractivity contribution in [2.75, 3.05) is 11.9 Å². The van der Waals surface area contributed by atoms with E-state index in [2.05, 4.69) is 10.3 Å². The summed E-state index contributed by atoms with van der Waals surface area (Å²) in [6.07, 6.45) is 3.60. The third kappa shape index (κ3) is 2.10. The lowest BCUT2D eigenvalue weighted by atomic mass is 9.80. The lowest BCUT2D eigenvalue weighted by Gasteiger charge is -2.36. The molecular weight excluding hydrogens is 200 g/mol. The van der Waals surface area contributed by atoms with Crippen molar-refractivity contribution >= 4 is 12.0 Å². The molecule has 0 unspecified atom stereocenters. The van der Waals surface area contributed by atoms with Gasteiger partial charge in [-0.25, -0.2) is 4.79 Å². The molecule has 0 spiro atoms. The molecule has 1 aromatic rings. The Labute approximate surface area is 85.9 Å². The molecule has 82 valence electrons. The van der Waals surface area contributed by atoms with Crippen LogP contribution in [0.3, 0.4) is 0 Å². The Morgan fingerprint density at radius 1 is 1.67 bits per heavy atom. The van der Waals surface area contributed by atoms with E-state index in [0.717, 1.165) is 25.5 Å². The molecule has 0 amide bonds. The van der Waals surface area contributed by atoms with E-state index >= 15 is 0 Å². The van der Waals surface area contributed by atoms with Gasteiger partial charge in [-0.1, -0.05) is 0 Å². The summed E-state index contributed by atoms with van der Waals surface area (Å²) in [5.41, 5.74) is -0.823. The highest BCUT2D eigenvalue weighted by Gasteiger charge is 2.34. The number of hydrogen-bond acceptors (Lipinski definition) is 5. The van der Waals surface area contributed by atoms with Gasteiger partial charge in [0.25, 0.3) is 6.01 Å². The van der Waals surface area contributed by atoms with Gasteiger partial charge >= 0.3 is 5.97 Å². The van der Waals surface area contributed by atoms with Crippen molar-refractivity contribution in [3.63, 3.8) is 0 Å². The highest BCUT2D eigenvalue weighted by atomic mass is 16.4. The van der Waals surface area contributed by atoms with Crippen LogP contribution in [-0.4, -0.2) is 33.3 Å². The molecule has 6 heteroatoms. The number of carboxylic acids is 1. The zero-order chi connectivity index (χ0) is 10.9. The van der Waals surface area contributed by atoms with E-state index in [1.54, 1.807) is 0 Å². The summed E-state index contributed by atoms with van der Waals surface area (Å²) in [7, 11) is 0. The Bertz CT molecular complexity index is 370. The fraction of sp³-hybridized carbons (Fsp3) is 0.556. The van der Waals surface area contributed by atoms with E-state index in [1.807, 2.05) is 0 Å². The minimum Gasteiger partial charge on any atom is -0.476 e. The number of nitrogens with one attached hydrogen (secondary N) is 1. The van der Waals surface area contributed by atoms with Crippen molar-refractivity contribution in [3.05, 3.63) is 12.0 Å². The van der Waals surface area contributed by atoms with E-state index in [4.69, 9.17) is 9.52 Å². The fourth-order valence-electron chi connectivity index (χ4n) is 1.45. The number of oxazole rings is 1. The van der Waals surface area contributed by atoms with Crippen LogP contribution in [0.25, 0.3) is 0 Å². The number of aromatic carboxylic acids is 1. The summed E-state index contributed by atoms with van der Waals surface area (Å²) in [6, 6.07) is 0.132. The Morgan fingerprint density at radius 3 is 2.87 bits per heavy atom. The number of aromatic nitrogens is 1. The molecule has 1 aliphatic carbocycles. The van der Waals surface area contributed by atoms with Crippen LogP contribution in [0.5, 0.6) is 0 Å². The standard InChI is InChI=1S/C9H12N2O4/c12-7(13)6-4-15-8(11-6)10-5-9(14)2-1-3-9/h4,14H,1-3,5H2,(H,10,11)(H,12,13). The molecule has 1 aliphatic rings. The second-order valence-corrected chi connectivity index (χ2v) is 3.77. The summed E-state index contributed by atoms with van der Waals surface area (Å²) in [5, 5.41) is 21.1. The smallest absolute Gasteiger partial charge is 0.357 e. The van der Waals surface area contributed by atoms with E-state index in [9.17, 15) is 9.90 Å². The summed E-state index contributed by atoms with van der Waals surface area (Å²) in [6.45, 7) is 0.340. The van der Waals surface area contributed by atoms with Gasteiger partial charge in [0.05, 0.1) is 5.60 Å². The zero-order valence-electron chi connectivity index (χ0n) is 8.06. The van der Waals surface area contributed by atoms with Gasteiger partial charge in [-0.3, -0.25) is 0 Å². The topological polar surface area (TPSA) is 95.6 Å². The molecule has 6 nitrogen and oxygen atoms in total. The largest absolute Gasteiger partial charge is 0.476 e. The normalized spacial score (nSPS) is 18.2. The molecule has 0 atom stereocenters. The maximum absolute atomic E-state index is 10.5. The van der Waals surface area contributed by atoms with Gasteiger partial charge in [0.15, 0.2) is 5.69 Å². The molecule has 15 heavy (non-hydrogen) atoms. The lowest BCUT2D eigenvalue weighted by molar-refractivity contribution is -0.0205. The zero-order valence-corrected chi connectivity index (χ0v) is 8.06. The van der Waals surface area contributed by atoms with Gasteiger partial charge in [0.1, 0.15) is 6.26 Å². The second-order valence-electron chi connectivity index (χ2n) is 3.77. The predicted octanol–water partition coefficient (Wildman–Crippen LogP) is 0.700. The third-order valence-corrected chi connectivity index (χ3v) is 2.58. The molecule has 0 saturated heterocycles. The molecule has 0 aromatic carbocycles. The first-order chi connectivity index (χ1) is 7.09. The molecular formula is C9H12N2O4. The van der Waals surface area contributed by atoms with E-state index in [-0.39, 0.29) is 11.7 Å². The van der Waals surface area contributed by atoms with Gasteiger partial charge in [0.2, 0.25) is 0 Å². The summed E-state index contributed by atoms with van der Waals surface area (Å²) < 4.78 is 4.88. The molecule has 1 aromatic heterocycles. The van der Waals surface area contributed by atoms with Gasteiger partial charge in [-0.15, -0.1) is 0 Å². The van der Waals surface area contributed by atoms with Crippen LogP contribution in [0.15, 0.2) is 10.7 Å². The molecule has 0 radical (unpaired) electrons. The molecule has 0 bridgehead atoms. The highest BCUT2D eigenvalue weighted by Crippen LogP contribution is 2.31. The fourth-order valence-corrected chi connectivity index (χ4v) is 1.45. The number of nitrogens with zero attached hydrogens (tertiary/aromatic N) is 1. The first-order valence-electron chi connectivity index (χ1n) is 4.74. The summed E-state index contributed by atoms with van der Waals surface area (Å²) in [5.74, 6) is -1.13. The van der Waals surface area contributed by atoms with Crippen molar-refractivity contribution in [2.24, 2.45) is 0 Å². The average molecular weight is 212 g/mol. The summed E-state index contributed by atoms with van der Waals surface area (Å²) in [4.78, 5) is 14.2. The number of hydrogen-bond donors (Lipinski definition) is 3. The molecule has 2 rings (SSSR count). The van der Waals surface area contributed by atoms with Crippen LogP contribution >= 0.6 is 0 Å². The lowest BCUT2D eigenvalue weighted by Crippen LogP contribution is -2.43. The van der Waals surface area contributed by atoms with Crippen LogP contribution in [0, 0.1) is 0 Å². The van der Waals surface area contributed by atoms with E-state index < -0.39 is 11.6 Å². The van der Waals surface area contributed by atoms with Gasteiger partial charge in [0, 0.05) is 6.54 Å². The van der Waals surface area contributed by atoms with Gasteiger partial charge in [-0.05, 0) is 19.3 Å². The third-order valence-electron chi connectivity index (χ3n) is 2.58. The Morgan fingerprint density at radius 2 is 2.40 bits per heavy atom. The molecule has 0 aliphatic heterocycles. The first-order valence-corrected chi connectivity index (χ1v) is 4.74. The maximum atomic E-state index is 10.5. The number of anilines is 1. The number of carboxylic acid groups (broad SMARTS) is 1. The molecule has 3 N–H and O–H groups in total. The van der Waals surface area contributed by atoms with E-state index in [1.165, 1.54) is 0 Å². The van der Waals surface area contributed by atoms with E-state index in [0.29, 0.717) is 6.54 Å². The van der Waals surface area contributed by atoms with Gasteiger partial charge in [-0.2, -0.15) is 4.98 Å². The number of aliphatic hydroxyl groups is 1. The Balaban J connectivity index is 1.90. The van der Waals surface area contributed by atoms with Crippen molar-refractivity contribution in [2.45, 2.75) is 24.9 Å². The van der Waals surface area contributed by atoms with Crippen molar-refractivity contribution in [3.8, 4) is 0 Å². The monoisotopic (exact) mass is 212 g/mol. The Kier molecular flexibility index (Phi) is 2.36. The maximum Gasteiger partial charge on any atom is 0.357 e. The predicted molar refractivity (Wildman–Crippen MR) is 50.8 cm³/mol. The van der Waals surface area contributed by atoms with Crippen LogP contribution < -0.4 is 5.32 Å². The molecule has 1 saturated carbocycles. The number of rotatable bonds is 4.